The van der Waals surface area contributed by atoms with Gasteiger partial charge in [0.1, 0.15) is 12.4 Å². The van der Waals surface area contributed by atoms with Gasteiger partial charge in [0.25, 0.3) is 0 Å². The van der Waals surface area contributed by atoms with E-state index < -0.39 is 11.4 Å². The molecule has 0 bridgehead atoms. The third-order valence-electron chi connectivity index (χ3n) is 4.06. The molecule has 6 heteroatoms. The van der Waals surface area contributed by atoms with Crippen molar-refractivity contribution in [2.75, 3.05) is 6.61 Å². The van der Waals surface area contributed by atoms with Crippen LogP contribution in [-0.4, -0.2) is 11.2 Å². The molecule has 0 unspecified atom stereocenters. The van der Waals surface area contributed by atoms with Crippen LogP contribution in [0.25, 0.3) is 10.9 Å². The first kappa shape index (κ1) is 17.3. The molecule has 0 spiro atoms. The minimum atomic E-state index is -0.687. The van der Waals surface area contributed by atoms with E-state index in [4.69, 9.17) is 20.8 Å². The molecule has 0 aliphatic heterocycles. The minimum absolute atomic E-state index is 0.261. The third-order valence-corrected chi connectivity index (χ3v) is 4.65. The second-order valence-electron chi connectivity index (χ2n) is 6.05. The van der Waals surface area contributed by atoms with Crippen LogP contribution < -0.4 is 16.1 Å². The quantitative estimate of drug-likeness (QED) is 0.714. The van der Waals surface area contributed by atoms with E-state index in [2.05, 4.69) is 0 Å². The van der Waals surface area contributed by atoms with Crippen molar-refractivity contribution in [2.24, 2.45) is 0 Å². The van der Waals surface area contributed by atoms with Crippen molar-refractivity contribution in [1.82, 2.24) is 4.57 Å². The van der Waals surface area contributed by atoms with Crippen molar-refractivity contribution in [3.05, 3.63) is 73.0 Å². The van der Waals surface area contributed by atoms with E-state index in [1.54, 1.807) is 12.1 Å². The Morgan fingerprint density at radius 3 is 2.44 bits per heavy atom. The molecule has 0 atom stereocenters. The van der Waals surface area contributed by atoms with Gasteiger partial charge in [-0.2, -0.15) is 0 Å². The summed E-state index contributed by atoms with van der Waals surface area (Å²) in [6.07, 6.45) is 0. The average Bonchev–Trinajstić information content (AvgIpc) is 2.55. The maximum Gasteiger partial charge on any atom is 0.422 e. The van der Waals surface area contributed by atoms with Gasteiger partial charge in [0, 0.05) is 5.02 Å². The summed E-state index contributed by atoms with van der Waals surface area (Å²) in [5, 5.41) is 1.10. The highest BCUT2D eigenvalue weighted by Gasteiger charge is 2.10. The van der Waals surface area contributed by atoms with E-state index in [0.29, 0.717) is 16.7 Å². The van der Waals surface area contributed by atoms with Crippen molar-refractivity contribution in [3.63, 3.8) is 0 Å². The van der Waals surface area contributed by atoms with Crippen LogP contribution in [0.2, 0.25) is 5.02 Å². The molecule has 3 rings (SSSR count). The SMILES string of the molecule is Cc1ccc2c(c1)c(=O)oc(=O)n2CCOc1cc(C)c(Cl)c(C)c1. The van der Waals surface area contributed by atoms with Crippen LogP contribution in [0.15, 0.2) is 44.3 Å². The summed E-state index contributed by atoms with van der Waals surface area (Å²) in [6.45, 7) is 6.23. The van der Waals surface area contributed by atoms with Crippen molar-refractivity contribution in [1.29, 1.82) is 0 Å². The van der Waals surface area contributed by atoms with Gasteiger partial charge in [-0.15, -0.1) is 0 Å². The van der Waals surface area contributed by atoms with Crippen molar-refractivity contribution in [2.45, 2.75) is 27.3 Å². The number of halogens is 1. The molecule has 2 aromatic carbocycles. The van der Waals surface area contributed by atoms with E-state index in [1.165, 1.54) is 4.57 Å². The Hall–Kier alpha value is -2.53. The molecule has 0 N–H and O–H groups in total. The Labute approximate surface area is 149 Å². The Morgan fingerprint density at radius 2 is 1.76 bits per heavy atom. The maximum absolute atomic E-state index is 12.1. The van der Waals surface area contributed by atoms with Gasteiger partial charge in [-0.1, -0.05) is 23.2 Å². The van der Waals surface area contributed by atoms with Gasteiger partial charge < -0.3 is 9.15 Å². The van der Waals surface area contributed by atoms with Crippen molar-refractivity contribution < 1.29 is 9.15 Å². The smallest absolute Gasteiger partial charge is 0.422 e. The molecule has 0 aliphatic carbocycles. The molecule has 130 valence electrons. The lowest BCUT2D eigenvalue weighted by Crippen LogP contribution is -2.27. The summed E-state index contributed by atoms with van der Waals surface area (Å²) in [5.74, 6) is -0.00148. The molecule has 0 fully saturated rings. The molecule has 1 heterocycles. The van der Waals surface area contributed by atoms with E-state index in [-0.39, 0.29) is 13.2 Å². The minimum Gasteiger partial charge on any atom is -0.492 e. The van der Waals surface area contributed by atoms with E-state index in [9.17, 15) is 9.59 Å². The lowest BCUT2D eigenvalue weighted by molar-refractivity contribution is 0.287. The zero-order valence-electron chi connectivity index (χ0n) is 14.3. The third kappa shape index (κ3) is 3.46. The maximum atomic E-state index is 12.1. The van der Waals surface area contributed by atoms with Crippen LogP contribution in [0.1, 0.15) is 16.7 Å². The monoisotopic (exact) mass is 359 g/mol. The number of ether oxygens (including phenoxy) is 1. The number of hydrogen-bond acceptors (Lipinski definition) is 4. The molecule has 0 saturated carbocycles. The summed E-state index contributed by atoms with van der Waals surface area (Å²) in [4.78, 5) is 23.9. The topological polar surface area (TPSA) is 61.4 Å². The highest BCUT2D eigenvalue weighted by Crippen LogP contribution is 2.25. The Bertz CT molecular complexity index is 1040. The number of aromatic nitrogens is 1. The summed E-state index contributed by atoms with van der Waals surface area (Å²) in [6, 6.07) is 9.02. The van der Waals surface area contributed by atoms with E-state index >= 15 is 0 Å². The second kappa shape index (κ2) is 6.76. The van der Waals surface area contributed by atoms with Gasteiger partial charge in [-0.05, 0) is 56.2 Å². The fourth-order valence-corrected chi connectivity index (χ4v) is 2.90. The molecule has 0 radical (unpaired) electrons. The molecule has 0 amide bonds. The summed E-state index contributed by atoms with van der Waals surface area (Å²) in [7, 11) is 0. The standard InChI is InChI=1S/C19H18ClNO4/c1-11-4-5-16-15(8-11)18(22)25-19(23)21(16)6-7-24-14-9-12(2)17(20)13(3)10-14/h4-5,8-10H,6-7H2,1-3H3. The van der Waals surface area contributed by atoms with Crippen LogP contribution in [0.4, 0.5) is 0 Å². The molecular weight excluding hydrogens is 342 g/mol. The zero-order valence-corrected chi connectivity index (χ0v) is 15.0. The van der Waals surface area contributed by atoms with Crippen molar-refractivity contribution >= 4 is 22.5 Å². The van der Waals surface area contributed by atoms with Gasteiger partial charge in [0.15, 0.2) is 0 Å². The van der Waals surface area contributed by atoms with Crippen LogP contribution in [0.3, 0.4) is 0 Å². The number of nitrogens with zero attached hydrogens (tertiary/aromatic N) is 1. The van der Waals surface area contributed by atoms with E-state index in [1.807, 2.05) is 39.0 Å². The van der Waals surface area contributed by atoms with Gasteiger partial charge in [-0.25, -0.2) is 9.59 Å². The Morgan fingerprint density at radius 1 is 1.08 bits per heavy atom. The first-order valence-corrected chi connectivity index (χ1v) is 8.28. The Kier molecular flexibility index (Phi) is 4.68. The number of hydrogen-bond donors (Lipinski definition) is 0. The fourth-order valence-electron chi connectivity index (χ4n) is 2.79. The van der Waals surface area contributed by atoms with Gasteiger partial charge in [0.2, 0.25) is 0 Å². The number of fused-ring (bicyclic) bond motifs is 1. The number of benzene rings is 2. The van der Waals surface area contributed by atoms with Crippen LogP contribution in [0.5, 0.6) is 5.75 Å². The highest BCUT2D eigenvalue weighted by atomic mass is 35.5. The summed E-state index contributed by atoms with van der Waals surface area (Å²) >= 11 is 6.15. The van der Waals surface area contributed by atoms with Crippen molar-refractivity contribution in [3.8, 4) is 5.75 Å². The average molecular weight is 360 g/mol. The molecule has 5 nitrogen and oxygen atoms in total. The molecule has 25 heavy (non-hydrogen) atoms. The lowest BCUT2D eigenvalue weighted by atomic mass is 10.1. The summed E-state index contributed by atoms with van der Waals surface area (Å²) in [5.41, 5.74) is 2.71. The van der Waals surface area contributed by atoms with E-state index in [0.717, 1.165) is 21.7 Å². The second-order valence-corrected chi connectivity index (χ2v) is 6.43. The largest absolute Gasteiger partial charge is 0.492 e. The predicted octanol–water partition coefficient (Wildman–Crippen LogP) is 3.61. The highest BCUT2D eigenvalue weighted by molar-refractivity contribution is 6.32. The van der Waals surface area contributed by atoms with Crippen LogP contribution in [0, 0.1) is 20.8 Å². The number of rotatable bonds is 4. The molecule has 3 aromatic rings. The van der Waals surface area contributed by atoms with Gasteiger partial charge >= 0.3 is 11.4 Å². The molecule has 1 aromatic heterocycles. The van der Waals surface area contributed by atoms with Gasteiger partial charge in [0.05, 0.1) is 17.4 Å². The first-order valence-electron chi connectivity index (χ1n) is 7.90. The van der Waals surface area contributed by atoms with Crippen LogP contribution >= 0.6 is 11.6 Å². The first-order chi connectivity index (χ1) is 11.9. The number of aryl methyl sites for hydroxylation is 3. The predicted molar refractivity (Wildman–Crippen MR) is 97.9 cm³/mol. The molecular formula is C19H18ClNO4. The lowest BCUT2D eigenvalue weighted by Gasteiger charge is -2.12. The zero-order chi connectivity index (χ0) is 18.1. The Balaban J connectivity index is 1.87. The van der Waals surface area contributed by atoms with Crippen LogP contribution in [-0.2, 0) is 6.54 Å². The fraction of sp³-hybridized carbons (Fsp3) is 0.263. The normalized spacial score (nSPS) is 11.0. The molecule has 0 saturated heterocycles. The molecule has 0 aliphatic rings. The van der Waals surface area contributed by atoms with Gasteiger partial charge in [-0.3, -0.25) is 4.57 Å². The summed E-state index contributed by atoms with van der Waals surface area (Å²) < 4.78 is 12.0.